The lowest BCUT2D eigenvalue weighted by molar-refractivity contribution is -0.384. The average Bonchev–Trinajstić information content (AvgIpc) is 3.37. The van der Waals surface area contributed by atoms with Crippen molar-refractivity contribution in [1.82, 2.24) is 0 Å². The summed E-state index contributed by atoms with van der Waals surface area (Å²) in [7, 11) is 9.21. The second kappa shape index (κ2) is 36.7. The molecule has 3 aromatic rings. The Kier molecular flexibility index (Phi) is 31.5. The number of anilines is 2. The SMILES string of the molecule is CCCOCCOC.CCCc1cc(N(CCOCCOC)CCOCCOC)ccc1/C(=C1/C=CC(PCCOCCOC)C=C1C)c1ccc(N(CC)CCc2ccc([N+](=O)[O-])cc2)cc1OC. The van der Waals surface area contributed by atoms with Gasteiger partial charge in [-0.05, 0) is 91.4 Å². The van der Waals surface area contributed by atoms with Crippen LogP contribution in [-0.4, -0.2) is 158 Å². The van der Waals surface area contributed by atoms with Crippen LogP contribution >= 0.6 is 8.58 Å². The number of allylic oxidation sites excluding steroid dienone is 5. The Hall–Kier alpha value is -4.21. The molecule has 1 aliphatic carbocycles. The van der Waals surface area contributed by atoms with Gasteiger partial charge in [-0.25, -0.2) is 0 Å². The van der Waals surface area contributed by atoms with Gasteiger partial charge in [0.15, 0.2) is 0 Å². The first-order valence-corrected chi connectivity index (χ1v) is 26.1. The summed E-state index contributed by atoms with van der Waals surface area (Å²) in [6.07, 6.45) is 11.8. The van der Waals surface area contributed by atoms with Crippen LogP contribution in [0.25, 0.3) is 5.57 Å². The lowest BCUT2D eigenvalue weighted by Gasteiger charge is -2.28. The Labute approximate surface area is 421 Å². The molecule has 0 heterocycles. The zero-order chi connectivity index (χ0) is 50.8. The number of nitrogens with zero attached hydrogens (tertiary/aromatic N) is 3. The van der Waals surface area contributed by atoms with E-state index in [1.807, 2.05) is 12.1 Å². The van der Waals surface area contributed by atoms with Crippen molar-refractivity contribution in [2.24, 2.45) is 0 Å². The smallest absolute Gasteiger partial charge is 0.269 e. The predicted octanol–water partition coefficient (Wildman–Crippen LogP) is 9.84. The van der Waals surface area contributed by atoms with E-state index in [1.165, 1.54) is 22.3 Å². The Morgan fingerprint density at radius 3 is 1.73 bits per heavy atom. The van der Waals surface area contributed by atoms with Gasteiger partial charge < -0.3 is 52.4 Å². The summed E-state index contributed by atoms with van der Waals surface area (Å²) in [5.74, 6) is 0.798. The zero-order valence-corrected chi connectivity index (χ0v) is 44.8. The molecular formula is C55H84N3O11P. The maximum Gasteiger partial charge on any atom is 0.269 e. The van der Waals surface area contributed by atoms with Crippen molar-refractivity contribution >= 4 is 31.2 Å². The molecule has 0 bridgehead atoms. The Balaban J connectivity index is 0.00000148. The van der Waals surface area contributed by atoms with Crippen molar-refractivity contribution in [3.8, 4) is 5.75 Å². The third-order valence-electron chi connectivity index (χ3n) is 11.6. The van der Waals surface area contributed by atoms with Gasteiger partial charge in [-0.2, -0.15) is 0 Å². The van der Waals surface area contributed by atoms with Crippen molar-refractivity contribution in [3.63, 3.8) is 0 Å². The van der Waals surface area contributed by atoms with E-state index in [2.05, 4.69) is 92.1 Å². The van der Waals surface area contributed by atoms with Gasteiger partial charge >= 0.3 is 0 Å². The molecule has 0 radical (unpaired) electrons. The summed E-state index contributed by atoms with van der Waals surface area (Å²) in [5, 5.41) is 11.2. The molecule has 3 aromatic carbocycles. The molecule has 0 amide bonds. The van der Waals surface area contributed by atoms with Gasteiger partial charge in [-0.1, -0.05) is 56.7 Å². The number of hydrogen-bond acceptors (Lipinski definition) is 13. The molecule has 0 aliphatic heterocycles. The van der Waals surface area contributed by atoms with Crippen LogP contribution in [0.2, 0.25) is 0 Å². The highest BCUT2D eigenvalue weighted by Gasteiger charge is 2.23. The molecule has 15 heteroatoms. The van der Waals surface area contributed by atoms with E-state index >= 15 is 0 Å². The van der Waals surface area contributed by atoms with Crippen LogP contribution in [0, 0.1) is 10.1 Å². The second-order valence-electron chi connectivity index (χ2n) is 16.6. The minimum Gasteiger partial charge on any atom is -0.496 e. The number of likely N-dealkylation sites (N-methyl/N-ethyl adjacent to an activating group) is 1. The van der Waals surface area contributed by atoms with Gasteiger partial charge in [-0.3, -0.25) is 10.1 Å². The fraction of sp³-hybridized carbons (Fsp3) is 0.564. The van der Waals surface area contributed by atoms with Gasteiger partial charge in [0.05, 0.1) is 84.7 Å². The number of ether oxygens (including phenoxy) is 9. The summed E-state index contributed by atoms with van der Waals surface area (Å²) in [5.41, 5.74) is 10.7. The highest BCUT2D eigenvalue weighted by molar-refractivity contribution is 7.39. The standard InChI is InChI=1S/C49H70N3O9P.C6H14O2/c1-8-10-40-36-42(51(23-25-59-30-27-55-4)24-26-60-31-28-56-5)15-18-46(40)49(45-20-17-44(35-38(45)3)62-34-33-61-32-29-57-6)47-19-16-43(37-48(47)58-7)50(9-2)22-21-39-11-13-41(14-12-39)52(53)54;1-3-4-8-6-5-7-2/h11-20,35-37,44,62H,8-10,21-34H2,1-7H3;3-6H2,1-2H3/b49-45+;. The van der Waals surface area contributed by atoms with Gasteiger partial charge in [0.2, 0.25) is 0 Å². The van der Waals surface area contributed by atoms with E-state index in [9.17, 15) is 10.1 Å². The van der Waals surface area contributed by atoms with Gasteiger partial charge in [0.1, 0.15) is 5.75 Å². The van der Waals surface area contributed by atoms with E-state index in [-0.39, 0.29) is 10.6 Å². The van der Waals surface area contributed by atoms with Crippen molar-refractivity contribution in [2.75, 3.05) is 157 Å². The van der Waals surface area contributed by atoms with E-state index in [0.717, 1.165) is 98.6 Å². The summed E-state index contributed by atoms with van der Waals surface area (Å²) in [6, 6.07) is 20.3. The van der Waals surface area contributed by atoms with Crippen LogP contribution in [0.15, 0.2) is 90.0 Å². The Morgan fingerprint density at radius 1 is 0.629 bits per heavy atom. The van der Waals surface area contributed by atoms with Gasteiger partial charge in [0.25, 0.3) is 5.69 Å². The quantitative estimate of drug-likeness (QED) is 0.0237. The molecule has 4 rings (SSSR count). The van der Waals surface area contributed by atoms with E-state index in [0.29, 0.717) is 86.8 Å². The number of aryl methyl sites for hydroxylation is 1. The minimum atomic E-state index is -0.361. The first-order valence-electron chi connectivity index (χ1n) is 24.9. The first-order chi connectivity index (χ1) is 34.2. The molecule has 0 aromatic heterocycles. The largest absolute Gasteiger partial charge is 0.496 e. The molecule has 2 unspecified atom stereocenters. The van der Waals surface area contributed by atoms with Crippen LogP contribution in [0.1, 0.15) is 62.8 Å². The molecule has 0 spiro atoms. The van der Waals surface area contributed by atoms with E-state index in [4.69, 9.17) is 42.6 Å². The Morgan fingerprint density at radius 2 is 1.20 bits per heavy atom. The van der Waals surface area contributed by atoms with Crippen molar-refractivity contribution in [1.29, 1.82) is 0 Å². The minimum absolute atomic E-state index is 0.101. The van der Waals surface area contributed by atoms with E-state index in [1.54, 1.807) is 47.7 Å². The molecule has 0 N–H and O–H groups in total. The fourth-order valence-electron chi connectivity index (χ4n) is 7.83. The number of benzene rings is 3. The molecule has 1 aliphatic rings. The molecule has 0 saturated carbocycles. The van der Waals surface area contributed by atoms with Crippen LogP contribution in [0.3, 0.4) is 0 Å². The lowest BCUT2D eigenvalue weighted by atomic mass is 9.84. The summed E-state index contributed by atoms with van der Waals surface area (Å²) in [4.78, 5) is 15.5. The maximum absolute atomic E-state index is 11.2. The molecule has 0 fully saturated rings. The lowest BCUT2D eigenvalue weighted by Crippen LogP contribution is -2.31. The van der Waals surface area contributed by atoms with Crippen LogP contribution in [0.4, 0.5) is 17.1 Å². The molecular weight excluding hydrogens is 910 g/mol. The number of nitro groups is 1. The Bertz CT molecular complexity index is 1970. The molecule has 0 saturated heterocycles. The van der Waals surface area contributed by atoms with Crippen LogP contribution in [-0.2, 0) is 50.7 Å². The summed E-state index contributed by atoms with van der Waals surface area (Å²) < 4.78 is 49.3. The predicted molar refractivity (Wildman–Crippen MR) is 287 cm³/mol. The van der Waals surface area contributed by atoms with Crippen molar-refractivity contribution in [2.45, 2.75) is 59.0 Å². The molecule has 70 heavy (non-hydrogen) atoms. The van der Waals surface area contributed by atoms with Gasteiger partial charge in [0, 0.05) is 108 Å². The monoisotopic (exact) mass is 994 g/mol. The van der Waals surface area contributed by atoms with Gasteiger partial charge in [-0.15, -0.1) is 8.58 Å². The number of nitro benzene ring substituents is 1. The number of methoxy groups -OCH3 is 5. The first kappa shape index (κ1) is 60.1. The molecule has 14 nitrogen and oxygen atoms in total. The van der Waals surface area contributed by atoms with Crippen LogP contribution < -0.4 is 14.5 Å². The molecule has 390 valence electrons. The second-order valence-corrected chi connectivity index (χ2v) is 18.2. The van der Waals surface area contributed by atoms with E-state index < -0.39 is 0 Å². The highest BCUT2D eigenvalue weighted by atomic mass is 31.1. The topological polar surface area (TPSA) is 133 Å². The molecule has 2 atom stereocenters. The van der Waals surface area contributed by atoms with Crippen molar-refractivity contribution < 1.29 is 47.6 Å². The average molecular weight is 994 g/mol. The number of hydrogen-bond donors (Lipinski definition) is 0. The van der Waals surface area contributed by atoms with Crippen LogP contribution in [0.5, 0.6) is 5.75 Å². The number of rotatable bonds is 36. The summed E-state index contributed by atoms with van der Waals surface area (Å²) >= 11 is 0. The third kappa shape index (κ3) is 21.6. The highest BCUT2D eigenvalue weighted by Crippen LogP contribution is 2.42. The number of non-ortho nitro benzene ring substituents is 1. The zero-order valence-electron chi connectivity index (χ0n) is 43.8. The maximum atomic E-state index is 11.2. The normalized spacial score (nSPS) is 14.1. The fourth-order valence-corrected chi connectivity index (χ4v) is 9.02. The van der Waals surface area contributed by atoms with Crippen molar-refractivity contribution in [3.05, 3.63) is 122 Å². The summed E-state index contributed by atoms with van der Waals surface area (Å²) in [6.45, 7) is 19.3. The third-order valence-corrected chi connectivity index (χ3v) is 12.9.